The third-order valence-electron chi connectivity index (χ3n) is 4.83. The molecular weight excluding hydrogens is 352 g/mol. The second-order valence-electron chi connectivity index (χ2n) is 6.80. The lowest BCUT2D eigenvalue weighted by Gasteiger charge is -2.22. The van der Waals surface area contributed by atoms with Crippen molar-refractivity contribution in [2.24, 2.45) is 0 Å². The maximum atomic E-state index is 5.31. The number of hydrogen-bond acceptors (Lipinski definition) is 6. The minimum absolute atomic E-state index is 0.642. The highest BCUT2D eigenvalue weighted by Gasteiger charge is 2.15. The van der Waals surface area contributed by atoms with Crippen molar-refractivity contribution in [1.29, 1.82) is 0 Å². The van der Waals surface area contributed by atoms with Gasteiger partial charge in [-0.2, -0.15) is 5.10 Å². The number of methoxy groups -OCH3 is 1. The Morgan fingerprint density at radius 2 is 1.86 bits per heavy atom. The van der Waals surface area contributed by atoms with Crippen molar-refractivity contribution in [2.45, 2.75) is 40.4 Å². The van der Waals surface area contributed by atoms with Gasteiger partial charge >= 0.3 is 0 Å². The van der Waals surface area contributed by atoms with Crippen molar-refractivity contribution < 1.29 is 4.74 Å². The molecule has 28 heavy (non-hydrogen) atoms. The van der Waals surface area contributed by atoms with E-state index in [9.17, 15) is 0 Å². The lowest BCUT2D eigenvalue weighted by Crippen LogP contribution is -2.27. The largest absolute Gasteiger partial charge is 0.383 e. The van der Waals surface area contributed by atoms with Crippen molar-refractivity contribution in [3.05, 3.63) is 59.3 Å². The van der Waals surface area contributed by atoms with Crippen LogP contribution in [0.15, 0.2) is 36.8 Å². The van der Waals surface area contributed by atoms with Gasteiger partial charge < -0.3 is 4.74 Å². The fourth-order valence-electron chi connectivity index (χ4n) is 3.25. The first kappa shape index (κ1) is 20.1. The highest BCUT2D eigenvalue weighted by molar-refractivity contribution is 5.47. The summed E-state index contributed by atoms with van der Waals surface area (Å²) in [6, 6.07) is 5.74. The van der Waals surface area contributed by atoms with Gasteiger partial charge in [0, 0.05) is 68.7 Å². The second-order valence-corrected chi connectivity index (χ2v) is 6.80. The molecule has 0 saturated heterocycles. The minimum Gasteiger partial charge on any atom is -0.383 e. The van der Waals surface area contributed by atoms with Gasteiger partial charge in [0.2, 0.25) is 0 Å². The summed E-state index contributed by atoms with van der Waals surface area (Å²) in [5.41, 5.74) is 5.44. The fraction of sp³-hybridized carbons (Fsp3) is 0.429. The van der Waals surface area contributed by atoms with Gasteiger partial charge in [-0.15, -0.1) is 0 Å². The van der Waals surface area contributed by atoms with Gasteiger partial charge in [-0.25, -0.2) is 9.97 Å². The average Bonchev–Trinajstić information content (AvgIpc) is 3.00. The first-order valence-electron chi connectivity index (χ1n) is 9.58. The van der Waals surface area contributed by atoms with Gasteiger partial charge in [0.15, 0.2) is 5.82 Å². The molecule has 0 atom stereocenters. The van der Waals surface area contributed by atoms with Crippen LogP contribution in [0.25, 0.3) is 11.5 Å². The standard InChI is InChI=1S/C21H28N6O/c1-5-27-17(3)19(16(2)25-27)15-26(10-11-28-4)14-18-12-23-21(24-13-18)20-8-6-7-9-22-20/h6-9,12-13H,5,10-11,14-15H2,1-4H3. The van der Waals surface area contributed by atoms with E-state index in [1.165, 1.54) is 11.3 Å². The molecule has 3 aromatic heterocycles. The third-order valence-corrected chi connectivity index (χ3v) is 4.83. The molecule has 0 aromatic carbocycles. The number of ether oxygens (including phenoxy) is 1. The van der Waals surface area contributed by atoms with Crippen LogP contribution in [0.3, 0.4) is 0 Å². The van der Waals surface area contributed by atoms with E-state index >= 15 is 0 Å². The molecule has 0 radical (unpaired) electrons. The Bertz CT molecular complexity index is 876. The van der Waals surface area contributed by atoms with Gasteiger partial charge in [0.1, 0.15) is 5.69 Å². The molecule has 0 aliphatic heterocycles. The molecule has 0 aliphatic carbocycles. The van der Waals surface area contributed by atoms with Crippen LogP contribution >= 0.6 is 0 Å². The maximum absolute atomic E-state index is 5.31. The van der Waals surface area contributed by atoms with Crippen molar-refractivity contribution in [2.75, 3.05) is 20.3 Å². The quantitative estimate of drug-likeness (QED) is 0.568. The topological polar surface area (TPSA) is 69.0 Å². The molecule has 148 valence electrons. The van der Waals surface area contributed by atoms with Crippen LogP contribution in [-0.4, -0.2) is 49.9 Å². The fourth-order valence-corrected chi connectivity index (χ4v) is 3.25. The summed E-state index contributed by atoms with van der Waals surface area (Å²) in [5.74, 6) is 0.642. The van der Waals surface area contributed by atoms with Crippen molar-refractivity contribution in [3.63, 3.8) is 0 Å². The summed E-state index contributed by atoms with van der Waals surface area (Å²) in [6.45, 7) is 10.3. The second kappa shape index (κ2) is 9.52. The van der Waals surface area contributed by atoms with Crippen molar-refractivity contribution in [3.8, 4) is 11.5 Å². The molecule has 0 saturated carbocycles. The smallest absolute Gasteiger partial charge is 0.178 e. The lowest BCUT2D eigenvalue weighted by molar-refractivity contribution is 0.139. The Balaban J connectivity index is 1.74. The molecule has 3 rings (SSSR count). The molecule has 3 heterocycles. The molecule has 0 N–H and O–H groups in total. The normalized spacial score (nSPS) is 11.3. The number of aromatic nitrogens is 5. The number of nitrogens with zero attached hydrogens (tertiary/aromatic N) is 6. The summed E-state index contributed by atoms with van der Waals surface area (Å²) in [5, 5.41) is 4.64. The van der Waals surface area contributed by atoms with Gasteiger partial charge in [0.25, 0.3) is 0 Å². The van der Waals surface area contributed by atoms with Crippen LogP contribution in [0.2, 0.25) is 0 Å². The van der Waals surface area contributed by atoms with Crippen LogP contribution in [0.4, 0.5) is 0 Å². The SMILES string of the molecule is CCn1nc(C)c(CN(CCOC)Cc2cnc(-c3ccccn3)nc2)c1C. The Hall–Kier alpha value is -2.64. The molecule has 0 unspecified atom stereocenters. The van der Waals surface area contributed by atoms with Gasteiger partial charge in [-0.05, 0) is 32.9 Å². The van der Waals surface area contributed by atoms with Gasteiger partial charge in [-0.1, -0.05) is 6.07 Å². The highest BCUT2D eigenvalue weighted by atomic mass is 16.5. The maximum Gasteiger partial charge on any atom is 0.178 e. The first-order valence-corrected chi connectivity index (χ1v) is 9.58. The predicted octanol–water partition coefficient (Wildman–Crippen LogP) is 3.02. The van der Waals surface area contributed by atoms with E-state index in [4.69, 9.17) is 4.74 Å². The number of aryl methyl sites for hydroxylation is 2. The first-order chi connectivity index (χ1) is 13.6. The van der Waals surface area contributed by atoms with Gasteiger partial charge in [0.05, 0.1) is 12.3 Å². The van der Waals surface area contributed by atoms with E-state index in [-0.39, 0.29) is 0 Å². The van der Waals surface area contributed by atoms with E-state index in [1.807, 2.05) is 30.6 Å². The van der Waals surface area contributed by atoms with E-state index in [1.54, 1.807) is 13.3 Å². The molecule has 0 spiro atoms. The molecule has 3 aromatic rings. The van der Waals surface area contributed by atoms with Crippen LogP contribution in [0, 0.1) is 13.8 Å². The molecular formula is C21H28N6O. The lowest BCUT2D eigenvalue weighted by atomic mass is 10.1. The highest BCUT2D eigenvalue weighted by Crippen LogP contribution is 2.18. The van der Waals surface area contributed by atoms with E-state index in [2.05, 4.69) is 50.4 Å². The molecule has 7 heteroatoms. The Morgan fingerprint density at radius 3 is 2.46 bits per heavy atom. The zero-order valence-corrected chi connectivity index (χ0v) is 17.1. The molecule has 7 nitrogen and oxygen atoms in total. The summed E-state index contributed by atoms with van der Waals surface area (Å²) in [4.78, 5) is 15.6. The minimum atomic E-state index is 0.642. The van der Waals surface area contributed by atoms with Crippen molar-refractivity contribution >= 4 is 0 Å². The summed E-state index contributed by atoms with van der Waals surface area (Å²) in [6.07, 6.45) is 5.51. The molecule has 0 fully saturated rings. The number of rotatable bonds is 9. The zero-order valence-electron chi connectivity index (χ0n) is 17.1. The summed E-state index contributed by atoms with van der Waals surface area (Å²) in [7, 11) is 1.73. The van der Waals surface area contributed by atoms with E-state index < -0.39 is 0 Å². The molecule has 0 aliphatic rings. The van der Waals surface area contributed by atoms with E-state index in [0.29, 0.717) is 12.4 Å². The van der Waals surface area contributed by atoms with E-state index in [0.717, 1.165) is 43.1 Å². The summed E-state index contributed by atoms with van der Waals surface area (Å²) < 4.78 is 7.37. The van der Waals surface area contributed by atoms with Crippen LogP contribution < -0.4 is 0 Å². The number of pyridine rings is 1. The predicted molar refractivity (Wildman–Crippen MR) is 109 cm³/mol. The van der Waals surface area contributed by atoms with Crippen LogP contribution in [0.1, 0.15) is 29.4 Å². The average molecular weight is 380 g/mol. The Kier molecular flexibility index (Phi) is 6.84. The Labute approximate surface area is 166 Å². The zero-order chi connectivity index (χ0) is 19.9. The third kappa shape index (κ3) is 4.79. The van der Waals surface area contributed by atoms with Gasteiger partial charge in [-0.3, -0.25) is 14.6 Å². The summed E-state index contributed by atoms with van der Waals surface area (Å²) >= 11 is 0. The monoisotopic (exact) mass is 380 g/mol. The Morgan fingerprint density at radius 1 is 1.07 bits per heavy atom. The number of hydrogen-bond donors (Lipinski definition) is 0. The van der Waals surface area contributed by atoms with Crippen LogP contribution in [0.5, 0.6) is 0 Å². The van der Waals surface area contributed by atoms with Crippen molar-refractivity contribution in [1.82, 2.24) is 29.6 Å². The van der Waals surface area contributed by atoms with Crippen LogP contribution in [-0.2, 0) is 24.4 Å². The molecule has 0 bridgehead atoms. The molecule has 0 amide bonds.